The van der Waals surface area contributed by atoms with Crippen molar-refractivity contribution in [3.8, 4) is 0 Å². The first-order chi connectivity index (χ1) is 39.0. The summed E-state index contributed by atoms with van der Waals surface area (Å²) in [6.07, 6.45) is 85.6. The smallest absolute Gasteiger partial charge is 0.305 e. The molecule has 470 valence electrons. The summed E-state index contributed by atoms with van der Waals surface area (Å²) in [7, 11) is 0. The molecule has 0 saturated heterocycles. The van der Waals surface area contributed by atoms with Gasteiger partial charge in [0.15, 0.2) is 0 Å². The molecule has 1 amide bonds. The number of hydrogen-bond acceptors (Lipinski definition) is 5. The van der Waals surface area contributed by atoms with E-state index in [9.17, 15) is 19.8 Å². The number of rotatable bonds is 69. The number of amides is 1. The second-order valence-corrected chi connectivity index (χ2v) is 25.3. The Morgan fingerprint density at radius 3 is 0.937 bits per heavy atom. The van der Waals surface area contributed by atoms with Gasteiger partial charge in [-0.1, -0.05) is 373 Å². The molecule has 0 fully saturated rings. The maximum Gasteiger partial charge on any atom is 0.305 e. The van der Waals surface area contributed by atoms with Gasteiger partial charge in [0.2, 0.25) is 5.91 Å². The third-order valence-electron chi connectivity index (χ3n) is 17.3. The van der Waals surface area contributed by atoms with Crippen LogP contribution in [-0.2, 0) is 14.3 Å². The van der Waals surface area contributed by atoms with Crippen LogP contribution in [0.1, 0.15) is 418 Å². The van der Waals surface area contributed by atoms with Gasteiger partial charge >= 0.3 is 5.97 Å². The Kier molecular flexibility index (Phi) is 67.9. The second kappa shape index (κ2) is 69.1. The summed E-state index contributed by atoms with van der Waals surface area (Å²) in [6, 6.07) is -0.538. The highest BCUT2D eigenvalue weighted by atomic mass is 16.5. The van der Waals surface area contributed by atoms with Gasteiger partial charge in [-0.2, -0.15) is 0 Å². The summed E-state index contributed by atoms with van der Waals surface area (Å²) in [5.41, 5.74) is 0. The van der Waals surface area contributed by atoms with Gasteiger partial charge in [0.25, 0.3) is 0 Å². The minimum Gasteiger partial charge on any atom is -0.466 e. The average molecular weight is 1110 g/mol. The van der Waals surface area contributed by atoms with Crippen LogP contribution in [0.2, 0.25) is 0 Å². The summed E-state index contributed by atoms with van der Waals surface area (Å²) in [4.78, 5) is 24.6. The van der Waals surface area contributed by atoms with Crippen molar-refractivity contribution in [2.45, 2.75) is 431 Å². The number of unbranched alkanes of at least 4 members (excludes halogenated alkanes) is 56. The quantitative estimate of drug-likeness (QED) is 0.0320. The Bertz CT molecular complexity index is 1190. The normalized spacial score (nSPS) is 12.5. The number of nitrogens with one attached hydrogen (secondary N) is 1. The minimum atomic E-state index is -0.661. The summed E-state index contributed by atoms with van der Waals surface area (Å²) in [6.45, 7) is 4.96. The second-order valence-electron chi connectivity index (χ2n) is 25.3. The lowest BCUT2D eigenvalue weighted by atomic mass is 10.0. The maximum atomic E-state index is 12.5. The van der Waals surface area contributed by atoms with Gasteiger partial charge in [-0.15, -0.1) is 0 Å². The molecule has 0 aromatic heterocycles. The minimum absolute atomic E-state index is 0.0104. The van der Waals surface area contributed by atoms with Crippen LogP contribution in [0.5, 0.6) is 0 Å². The van der Waals surface area contributed by atoms with Gasteiger partial charge in [0.05, 0.1) is 25.4 Å². The predicted octanol–water partition coefficient (Wildman–Crippen LogP) is 23.5. The summed E-state index contributed by atoms with van der Waals surface area (Å²) in [5.74, 6) is -0.0154. The van der Waals surface area contributed by atoms with Crippen molar-refractivity contribution in [3.05, 3.63) is 12.2 Å². The van der Waals surface area contributed by atoms with Crippen molar-refractivity contribution in [3.63, 3.8) is 0 Å². The van der Waals surface area contributed by atoms with Gasteiger partial charge in [0.1, 0.15) is 0 Å². The third kappa shape index (κ3) is 65.6. The first-order valence-electron chi connectivity index (χ1n) is 36.4. The molecule has 6 heteroatoms. The van der Waals surface area contributed by atoms with E-state index in [1.807, 2.05) is 0 Å². The number of carbonyl (C=O) groups is 2. The van der Waals surface area contributed by atoms with Crippen molar-refractivity contribution in [1.29, 1.82) is 0 Å². The number of esters is 1. The lowest BCUT2D eigenvalue weighted by Gasteiger charge is -2.22. The fourth-order valence-electron chi connectivity index (χ4n) is 11.7. The van der Waals surface area contributed by atoms with Crippen LogP contribution in [0.3, 0.4) is 0 Å². The van der Waals surface area contributed by atoms with E-state index in [1.165, 1.54) is 340 Å². The van der Waals surface area contributed by atoms with Gasteiger partial charge in [-0.25, -0.2) is 0 Å². The number of carbonyl (C=O) groups excluding carboxylic acids is 2. The third-order valence-corrected chi connectivity index (χ3v) is 17.3. The number of hydrogen-bond donors (Lipinski definition) is 3. The largest absolute Gasteiger partial charge is 0.466 e. The molecule has 0 aromatic carbocycles. The van der Waals surface area contributed by atoms with E-state index in [1.54, 1.807) is 0 Å². The van der Waals surface area contributed by atoms with Crippen LogP contribution in [0, 0.1) is 0 Å². The molecule has 0 aliphatic carbocycles. The topological polar surface area (TPSA) is 95.9 Å². The summed E-state index contributed by atoms with van der Waals surface area (Å²) in [5, 5.41) is 23.4. The molecule has 0 rings (SSSR count). The first-order valence-corrected chi connectivity index (χ1v) is 36.4. The van der Waals surface area contributed by atoms with Crippen LogP contribution in [0.25, 0.3) is 0 Å². The molecule has 0 heterocycles. The van der Waals surface area contributed by atoms with E-state index in [0.29, 0.717) is 25.9 Å². The van der Waals surface area contributed by atoms with Crippen LogP contribution < -0.4 is 5.32 Å². The first kappa shape index (κ1) is 77.6. The van der Waals surface area contributed by atoms with Gasteiger partial charge in [-0.05, 0) is 44.9 Å². The molecule has 79 heavy (non-hydrogen) atoms. The molecule has 0 saturated carbocycles. The molecule has 6 nitrogen and oxygen atoms in total. The molecule has 0 aliphatic heterocycles. The van der Waals surface area contributed by atoms with E-state index >= 15 is 0 Å². The zero-order valence-corrected chi connectivity index (χ0v) is 53.9. The van der Waals surface area contributed by atoms with Crippen LogP contribution >= 0.6 is 0 Å². The Labute approximate surface area is 495 Å². The van der Waals surface area contributed by atoms with Crippen molar-refractivity contribution in [2.75, 3.05) is 13.2 Å². The monoisotopic (exact) mass is 1110 g/mol. The zero-order chi connectivity index (χ0) is 57.1. The summed E-state index contributed by atoms with van der Waals surface area (Å²) >= 11 is 0. The van der Waals surface area contributed by atoms with Crippen LogP contribution in [0.4, 0.5) is 0 Å². The van der Waals surface area contributed by atoms with Crippen molar-refractivity contribution in [1.82, 2.24) is 5.32 Å². The lowest BCUT2D eigenvalue weighted by Crippen LogP contribution is -2.45. The fraction of sp³-hybridized carbons (Fsp3) is 0.945. The molecule has 2 unspecified atom stereocenters. The Balaban J connectivity index is 3.33. The molecule has 0 radical (unpaired) electrons. The molecule has 0 aromatic rings. The maximum absolute atomic E-state index is 12.5. The van der Waals surface area contributed by atoms with Crippen molar-refractivity contribution in [2.24, 2.45) is 0 Å². The van der Waals surface area contributed by atoms with E-state index in [4.69, 9.17) is 4.74 Å². The lowest BCUT2D eigenvalue weighted by molar-refractivity contribution is -0.143. The molecular formula is C73H143NO5. The average Bonchev–Trinajstić information content (AvgIpc) is 3.45. The van der Waals surface area contributed by atoms with Crippen LogP contribution in [-0.4, -0.2) is 47.4 Å². The number of ether oxygens (including phenoxy) is 1. The van der Waals surface area contributed by atoms with Gasteiger partial charge in [0, 0.05) is 12.8 Å². The van der Waals surface area contributed by atoms with Crippen LogP contribution in [0.15, 0.2) is 12.2 Å². The molecule has 2 atom stereocenters. The van der Waals surface area contributed by atoms with E-state index in [0.717, 1.165) is 44.9 Å². The highest BCUT2D eigenvalue weighted by molar-refractivity contribution is 5.76. The van der Waals surface area contributed by atoms with E-state index in [2.05, 4.69) is 31.3 Å². The number of aliphatic hydroxyl groups is 2. The Morgan fingerprint density at radius 1 is 0.342 bits per heavy atom. The highest BCUT2D eigenvalue weighted by Gasteiger charge is 2.20. The van der Waals surface area contributed by atoms with Crippen molar-refractivity contribution < 1.29 is 24.5 Å². The summed E-state index contributed by atoms with van der Waals surface area (Å²) < 4.78 is 5.47. The standard InChI is InChI=1S/C73H143NO5/c1-3-5-7-9-11-13-15-16-17-18-19-33-36-39-42-46-49-53-57-61-65-71(76)70(69-75)74-72(77)66-62-58-54-50-47-43-40-37-34-31-29-27-25-23-21-20-22-24-26-28-30-32-35-38-41-44-48-52-56-60-64-68-79-73(78)67-63-59-55-51-45-14-12-10-8-6-4-2/h10,12,70-71,75-76H,3-9,11,13-69H2,1-2H3,(H,74,77)/b12-10-. The zero-order valence-electron chi connectivity index (χ0n) is 53.9. The molecule has 0 spiro atoms. The van der Waals surface area contributed by atoms with E-state index < -0.39 is 12.1 Å². The Hall–Kier alpha value is -1.40. The molecule has 0 aliphatic rings. The molecule has 3 N–H and O–H groups in total. The van der Waals surface area contributed by atoms with Gasteiger partial charge < -0.3 is 20.3 Å². The Morgan fingerprint density at radius 2 is 0.608 bits per heavy atom. The van der Waals surface area contributed by atoms with Crippen molar-refractivity contribution >= 4 is 11.9 Å². The number of allylic oxidation sites excluding steroid dienone is 2. The number of aliphatic hydroxyl groups excluding tert-OH is 2. The fourth-order valence-corrected chi connectivity index (χ4v) is 11.7. The van der Waals surface area contributed by atoms with Gasteiger partial charge in [-0.3, -0.25) is 9.59 Å². The van der Waals surface area contributed by atoms with E-state index in [-0.39, 0.29) is 18.5 Å². The molecular weight excluding hydrogens is 971 g/mol. The highest BCUT2D eigenvalue weighted by Crippen LogP contribution is 2.20. The SMILES string of the molecule is CCCC/C=C\CCCCCCCC(=O)OCCCCCCCCCCCCCCCCCCCCCCCCCCCCCCCCCC(=O)NC(CO)C(O)CCCCCCCCCCCCCCCCCCCCCC. The molecule has 0 bridgehead atoms. The predicted molar refractivity (Wildman–Crippen MR) is 347 cm³/mol.